The lowest BCUT2D eigenvalue weighted by atomic mass is 10.1. The molecule has 0 aliphatic rings. The highest BCUT2D eigenvalue weighted by Gasteiger charge is 2.34. The maximum absolute atomic E-state index is 14.0. The molecular weight excluding hydrogens is 616 g/mol. The molecule has 3 aromatic carbocycles. The van der Waals surface area contributed by atoms with E-state index >= 15 is 0 Å². The highest BCUT2D eigenvalue weighted by molar-refractivity contribution is 7.92. The van der Waals surface area contributed by atoms with Crippen LogP contribution in [0, 0.1) is 0 Å². The molecule has 40 heavy (non-hydrogen) atoms. The lowest BCUT2D eigenvalue weighted by Crippen LogP contribution is -2.53. The molecule has 1 N–H and O–H groups in total. The number of carbonyl (C=O) groups is 2. The third-order valence-corrected chi connectivity index (χ3v) is 9.22. The van der Waals surface area contributed by atoms with E-state index in [1.807, 2.05) is 13.8 Å². The van der Waals surface area contributed by atoms with Gasteiger partial charge in [0.2, 0.25) is 11.8 Å². The summed E-state index contributed by atoms with van der Waals surface area (Å²) in [5.41, 5.74) is 0.756. The second-order valence-electron chi connectivity index (χ2n) is 9.28. The number of nitrogens with one attached hydrogen (secondary N) is 1. The molecule has 0 aliphatic carbocycles. The number of nitrogens with zero attached hydrogens (tertiary/aromatic N) is 2. The fraction of sp³-hybridized carbons (Fsp3) is 0.286. The van der Waals surface area contributed by atoms with Crippen molar-refractivity contribution < 1.29 is 18.0 Å². The fourth-order valence-corrected chi connectivity index (χ4v) is 6.06. The van der Waals surface area contributed by atoms with Gasteiger partial charge in [0.25, 0.3) is 10.0 Å². The van der Waals surface area contributed by atoms with Crippen LogP contribution in [0.1, 0.15) is 32.8 Å². The molecular formula is C28H29Cl4N3O4S. The first kappa shape index (κ1) is 32.0. The molecule has 1 atom stereocenters. The summed E-state index contributed by atoms with van der Waals surface area (Å²) in [5, 5.41) is 3.82. The number of carbonyl (C=O) groups excluding carboxylic acids is 2. The van der Waals surface area contributed by atoms with Gasteiger partial charge in [-0.2, -0.15) is 0 Å². The number of hydrogen-bond donors (Lipinski definition) is 1. The van der Waals surface area contributed by atoms with Crippen LogP contribution in [0.2, 0.25) is 20.1 Å². The summed E-state index contributed by atoms with van der Waals surface area (Å²) >= 11 is 24.6. The Balaban J connectivity index is 2.09. The third-order valence-electron chi connectivity index (χ3n) is 5.96. The number of benzene rings is 3. The van der Waals surface area contributed by atoms with Crippen molar-refractivity contribution in [3.05, 3.63) is 92.4 Å². The Labute approximate surface area is 255 Å². The first-order valence-corrected chi connectivity index (χ1v) is 15.4. The van der Waals surface area contributed by atoms with E-state index in [9.17, 15) is 18.0 Å². The van der Waals surface area contributed by atoms with E-state index in [2.05, 4.69) is 5.32 Å². The predicted octanol–water partition coefficient (Wildman–Crippen LogP) is 6.83. The molecule has 0 aliphatic heterocycles. The largest absolute Gasteiger partial charge is 0.352 e. The van der Waals surface area contributed by atoms with Crippen molar-refractivity contribution in [1.29, 1.82) is 0 Å². The van der Waals surface area contributed by atoms with Crippen molar-refractivity contribution in [2.45, 2.75) is 50.7 Å². The highest BCUT2D eigenvalue weighted by Crippen LogP contribution is 2.31. The second kappa shape index (κ2) is 13.9. The van der Waals surface area contributed by atoms with Crippen molar-refractivity contribution in [3.8, 4) is 0 Å². The normalized spacial score (nSPS) is 12.2. The van der Waals surface area contributed by atoms with E-state index in [0.29, 0.717) is 10.6 Å². The first-order chi connectivity index (χ1) is 18.8. The Morgan fingerprint density at radius 2 is 1.45 bits per heavy atom. The van der Waals surface area contributed by atoms with Gasteiger partial charge in [-0.15, -0.1) is 0 Å². The lowest BCUT2D eigenvalue weighted by Gasteiger charge is -2.33. The van der Waals surface area contributed by atoms with Crippen LogP contribution in [0.4, 0.5) is 5.69 Å². The van der Waals surface area contributed by atoms with E-state index in [1.165, 1.54) is 35.2 Å². The Hall–Kier alpha value is -2.49. The van der Waals surface area contributed by atoms with Gasteiger partial charge < -0.3 is 10.2 Å². The van der Waals surface area contributed by atoms with Crippen LogP contribution >= 0.6 is 46.4 Å². The quantitative estimate of drug-likeness (QED) is 0.248. The van der Waals surface area contributed by atoms with Crippen LogP contribution in [0.5, 0.6) is 0 Å². The highest BCUT2D eigenvalue weighted by atomic mass is 35.5. The van der Waals surface area contributed by atoms with Gasteiger partial charge in [0.1, 0.15) is 12.6 Å². The fourth-order valence-electron chi connectivity index (χ4n) is 4.02. The molecule has 0 fully saturated rings. The summed E-state index contributed by atoms with van der Waals surface area (Å²) in [7, 11) is -4.22. The van der Waals surface area contributed by atoms with Crippen LogP contribution in [0.25, 0.3) is 0 Å². The van der Waals surface area contributed by atoms with Crippen molar-refractivity contribution in [3.63, 3.8) is 0 Å². The van der Waals surface area contributed by atoms with E-state index in [1.54, 1.807) is 43.3 Å². The van der Waals surface area contributed by atoms with Crippen LogP contribution < -0.4 is 9.62 Å². The molecule has 0 saturated carbocycles. The van der Waals surface area contributed by atoms with E-state index in [0.717, 1.165) is 4.31 Å². The summed E-state index contributed by atoms with van der Waals surface area (Å²) in [6.07, 6.45) is 0.282. The maximum Gasteiger partial charge on any atom is 0.264 e. The second-order valence-corrected chi connectivity index (χ2v) is 12.8. The molecule has 0 heterocycles. The Kier molecular flexibility index (Phi) is 11.1. The number of amides is 2. The minimum atomic E-state index is -4.22. The van der Waals surface area contributed by atoms with Crippen LogP contribution in [-0.4, -0.2) is 43.8 Å². The Morgan fingerprint density at radius 3 is 2.00 bits per heavy atom. The number of halogens is 4. The van der Waals surface area contributed by atoms with Crippen LogP contribution in [0.15, 0.2) is 71.6 Å². The van der Waals surface area contributed by atoms with Crippen LogP contribution in [-0.2, 0) is 26.2 Å². The molecule has 214 valence electrons. The molecule has 2 amide bonds. The number of anilines is 1. The summed E-state index contributed by atoms with van der Waals surface area (Å²) in [5.74, 6) is -0.972. The van der Waals surface area contributed by atoms with Gasteiger partial charge in [-0.05, 0) is 68.3 Å². The van der Waals surface area contributed by atoms with Crippen molar-refractivity contribution in [2.75, 3.05) is 10.8 Å². The molecule has 12 heteroatoms. The summed E-state index contributed by atoms with van der Waals surface area (Å²) < 4.78 is 28.6. The number of rotatable bonds is 11. The molecule has 0 bridgehead atoms. The smallest absolute Gasteiger partial charge is 0.264 e. The minimum absolute atomic E-state index is 0.0135. The standard InChI is InChI=1S/C28H29Cl4N3O4S/c1-4-26(28(37)33-18(2)3)34(16-19-10-12-22(29)24(31)14-19)27(36)17-35(20-11-13-23(30)25(32)15-20)40(38,39)21-8-6-5-7-9-21/h5-15,18,26H,4,16-17H2,1-3H3,(H,33,37)/t26-/m0/s1. The molecule has 3 aromatic rings. The first-order valence-electron chi connectivity index (χ1n) is 12.4. The molecule has 0 saturated heterocycles. The van der Waals surface area contributed by atoms with Gasteiger partial charge in [0.05, 0.1) is 30.7 Å². The zero-order valence-corrected chi connectivity index (χ0v) is 25.9. The van der Waals surface area contributed by atoms with Gasteiger partial charge in [-0.25, -0.2) is 8.42 Å². The number of hydrogen-bond acceptors (Lipinski definition) is 4. The van der Waals surface area contributed by atoms with E-state index in [4.69, 9.17) is 46.4 Å². The minimum Gasteiger partial charge on any atom is -0.352 e. The molecule has 0 unspecified atom stereocenters. The lowest BCUT2D eigenvalue weighted by molar-refractivity contribution is -0.140. The summed E-state index contributed by atoms with van der Waals surface area (Å²) in [6, 6.07) is 15.9. The summed E-state index contributed by atoms with van der Waals surface area (Å²) in [4.78, 5) is 28.5. The van der Waals surface area contributed by atoms with Gasteiger partial charge in [0, 0.05) is 12.6 Å². The molecule has 0 aromatic heterocycles. The molecule has 7 nitrogen and oxygen atoms in total. The summed E-state index contributed by atoms with van der Waals surface area (Å²) in [6.45, 7) is 4.78. The monoisotopic (exact) mass is 643 g/mol. The SMILES string of the molecule is CC[C@@H](C(=O)NC(C)C)N(Cc1ccc(Cl)c(Cl)c1)C(=O)CN(c1ccc(Cl)c(Cl)c1)S(=O)(=O)c1ccccc1. The zero-order valence-electron chi connectivity index (χ0n) is 22.1. The Morgan fingerprint density at radius 1 is 0.850 bits per heavy atom. The van der Waals surface area contributed by atoms with Gasteiger partial charge in [-0.1, -0.05) is 77.6 Å². The Bertz CT molecular complexity index is 1470. The maximum atomic E-state index is 14.0. The van der Waals surface area contributed by atoms with Gasteiger partial charge in [-0.3, -0.25) is 13.9 Å². The van der Waals surface area contributed by atoms with Gasteiger partial charge in [0.15, 0.2) is 0 Å². The van der Waals surface area contributed by atoms with Crippen molar-refractivity contribution >= 4 is 73.9 Å². The number of sulfonamides is 1. The average molecular weight is 645 g/mol. The third kappa shape index (κ3) is 7.83. The van der Waals surface area contributed by atoms with E-state index < -0.39 is 28.5 Å². The molecule has 0 spiro atoms. The zero-order chi connectivity index (χ0) is 29.6. The van der Waals surface area contributed by atoms with Crippen molar-refractivity contribution in [1.82, 2.24) is 10.2 Å². The topological polar surface area (TPSA) is 86.8 Å². The molecule has 3 rings (SSSR count). The average Bonchev–Trinajstić information content (AvgIpc) is 2.90. The molecule has 0 radical (unpaired) electrons. The van der Waals surface area contributed by atoms with Crippen LogP contribution in [0.3, 0.4) is 0 Å². The van der Waals surface area contributed by atoms with E-state index in [-0.39, 0.29) is 50.6 Å². The van der Waals surface area contributed by atoms with Crippen molar-refractivity contribution in [2.24, 2.45) is 0 Å². The predicted molar refractivity (Wildman–Crippen MR) is 162 cm³/mol. The van der Waals surface area contributed by atoms with Gasteiger partial charge >= 0.3 is 0 Å².